The number of rotatable bonds is 7. The van der Waals surface area contributed by atoms with Crippen LogP contribution in [0.2, 0.25) is 0 Å². The Balaban J connectivity index is 1.69. The Bertz CT molecular complexity index is 1040. The number of para-hydroxylation sites is 2. The van der Waals surface area contributed by atoms with Crippen molar-refractivity contribution in [1.29, 1.82) is 0 Å². The van der Waals surface area contributed by atoms with Crippen LogP contribution in [0.15, 0.2) is 24.3 Å². The molecule has 30 heavy (non-hydrogen) atoms. The molecule has 1 aliphatic carbocycles. The van der Waals surface area contributed by atoms with Gasteiger partial charge in [0.1, 0.15) is 16.9 Å². The molecule has 1 fully saturated rings. The number of hydrogen-bond donors (Lipinski definition) is 2. The Morgan fingerprint density at radius 3 is 2.60 bits per heavy atom. The van der Waals surface area contributed by atoms with Crippen molar-refractivity contribution in [2.24, 2.45) is 0 Å². The maximum Gasteiger partial charge on any atom is 0.257 e. The molecule has 0 saturated heterocycles. The van der Waals surface area contributed by atoms with Gasteiger partial charge in [-0.05, 0) is 45.2 Å². The molecule has 7 heteroatoms. The topological polar surface area (TPSA) is 95.1 Å². The molecular formula is C23H31N5O2. The first kappa shape index (κ1) is 20.6. The minimum Gasteiger partial charge on any atom is -0.384 e. The van der Waals surface area contributed by atoms with Crippen LogP contribution >= 0.6 is 0 Å². The van der Waals surface area contributed by atoms with E-state index in [9.17, 15) is 4.79 Å². The van der Waals surface area contributed by atoms with E-state index in [4.69, 9.17) is 20.4 Å². The Morgan fingerprint density at radius 2 is 1.90 bits per heavy atom. The van der Waals surface area contributed by atoms with E-state index < -0.39 is 0 Å². The highest BCUT2D eigenvalue weighted by molar-refractivity contribution is 6.10. The number of nitrogen functional groups attached to an aromatic ring is 1. The molecule has 1 saturated carbocycles. The fraction of sp³-hybridized carbons (Fsp3) is 0.522. The largest absolute Gasteiger partial charge is 0.384 e. The molecule has 1 aliphatic rings. The first-order chi connectivity index (χ1) is 14.6. The molecule has 7 nitrogen and oxygen atoms in total. The van der Waals surface area contributed by atoms with Gasteiger partial charge in [0.05, 0.1) is 17.1 Å². The van der Waals surface area contributed by atoms with Crippen LogP contribution < -0.4 is 11.1 Å². The lowest BCUT2D eigenvalue weighted by Gasteiger charge is -2.25. The van der Waals surface area contributed by atoms with E-state index in [0.717, 1.165) is 30.3 Å². The molecule has 0 bridgehead atoms. The summed E-state index contributed by atoms with van der Waals surface area (Å²) in [5, 5.41) is 2.99. The first-order valence-electron chi connectivity index (χ1n) is 11.0. The molecule has 0 atom stereocenters. The van der Waals surface area contributed by atoms with Crippen molar-refractivity contribution in [3.8, 4) is 0 Å². The molecule has 2 heterocycles. The maximum atomic E-state index is 13.1. The van der Waals surface area contributed by atoms with E-state index in [-0.39, 0.29) is 18.1 Å². The molecule has 0 radical (unpaired) electrons. The average molecular weight is 410 g/mol. The number of aromatic nitrogens is 3. The van der Waals surface area contributed by atoms with E-state index in [1.165, 1.54) is 19.3 Å². The van der Waals surface area contributed by atoms with Gasteiger partial charge in [0, 0.05) is 19.2 Å². The summed E-state index contributed by atoms with van der Waals surface area (Å²) in [6.07, 6.45) is 6.63. The predicted molar refractivity (Wildman–Crippen MR) is 120 cm³/mol. The third-order valence-corrected chi connectivity index (χ3v) is 5.76. The predicted octanol–water partition coefficient (Wildman–Crippen LogP) is 4.22. The van der Waals surface area contributed by atoms with Crippen LogP contribution in [-0.2, 0) is 4.74 Å². The van der Waals surface area contributed by atoms with E-state index in [0.29, 0.717) is 35.7 Å². The van der Waals surface area contributed by atoms with Crippen LogP contribution in [0.25, 0.3) is 22.2 Å². The summed E-state index contributed by atoms with van der Waals surface area (Å²) in [7, 11) is 0. The first-order valence-corrected chi connectivity index (χ1v) is 11.0. The molecule has 0 aliphatic heterocycles. The van der Waals surface area contributed by atoms with E-state index in [2.05, 4.69) is 9.88 Å². The van der Waals surface area contributed by atoms with Gasteiger partial charge < -0.3 is 20.4 Å². The Hall–Kier alpha value is -2.67. The van der Waals surface area contributed by atoms with Gasteiger partial charge in [-0.15, -0.1) is 0 Å². The van der Waals surface area contributed by atoms with Gasteiger partial charge >= 0.3 is 0 Å². The lowest BCUT2D eigenvalue weighted by atomic mass is 9.95. The zero-order chi connectivity index (χ0) is 21.1. The molecule has 0 unspecified atom stereocenters. The normalized spacial score (nSPS) is 15.3. The molecule has 3 aromatic rings. The molecule has 0 spiro atoms. The van der Waals surface area contributed by atoms with E-state index in [1.54, 1.807) is 0 Å². The lowest BCUT2D eigenvalue weighted by Crippen LogP contribution is -2.26. The number of benzene rings is 1. The SMILES string of the molecule is CC(C)OCCCNC(=O)c1c(N)n(C2CCCCC2)c2nc3ccccc3nc12. The van der Waals surface area contributed by atoms with Crippen LogP contribution in [-0.4, -0.2) is 39.7 Å². The average Bonchev–Trinajstić information content (AvgIpc) is 3.02. The van der Waals surface area contributed by atoms with Gasteiger partial charge in [-0.2, -0.15) is 0 Å². The Labute approximate surface area is 177 Å². The number of nitrogens with zero attached hydrogens (tertiary/aromatic N) is 3. The van der Waals surface area contributed by atoms with Crippen molar-refractivity contribution in [3.63, 3.8) is 0 Å². The molecule has 4 rings (SSSR count). The monoisotopic (exact) mass is 409 g/mol. The summed E-state index contributed by atoms with van der Waals surface area (Å²) in [6, 6.07) is 8.01. The van der Waals surface area contributed by atoms with Crippen LogP contribution in [0.4, 0.5) is 5.82 Å². The smallest absolute Gasteiger partial charge is 0.257 e. The van der Waals surface area contributed by atoms with Gasteiger partial charge in [-0.25, -0.2) is 9.97 Å². The minimum atomic E-state index is -0.193. The summed E-state index contributed by atoms with van der Waals surface area (Å²) in [4.78, 5) is 22.8. The summed E-state index contributed by atoms with van der Waals surface area (Å²) < 4.78 is 7.61. The number of nitrogens with two attached hydrogens (primary N) is 1. The zero-order valence-electron chi connectivity index (χ0n) is 17.9. The van der Waals surface area contributed by atoms with Gasteiger partial charge in [0.15, 0.2) is 5.65 Å². The lowest BCUT2D eigenvalue weighted by molar-refractivity contribution is 0.0757. The van der Waals surface area contributed by atoms with Gasteiger partial charge in [-0.3, -0.25) is 4.79 Å². The zero-order valence-corrected chi connectivity index (χ0v) is 17.9. The van der Waals surface area contributed by atoms with Gasteiger partial charge in [0.2, 0.25) is 0 Å². The fourth-order valence-electron chi connectivity index (χ4n) is 4.30. The van der Waals surface area contributed by atoms with Crippen LogP contribution in [0.1, 0.15) is 68.8 Å². The molecule has 1 aromatic carbocycles. The fourth-order valence-corrected chi connectivity index (χ4v) is 4.30. The van der Waals surface area contributed by atoms with Crippen molar-refractivity contribution in [2.75, 3.05) is 18.9 Å². The van der Waals surface area contributed by atoms with Gasteiger partial charge in [-0.1, -0.05) is 31.4 Å². The quantitative estimate of drug-likeness (QED) is 0.570. The Kier molecular flexibility index (Phi) is 6.18. The van der Waals surface area contributed by atoms with Crippen molar-refractivity contribution in [2.45, 2.75) is 64.5 Å². The number of fused-ring (bicyclic) bond motifs is 2. The molecule has 2 aromatic heterocycles. The highest BCUT2D eigenvalue weighted by Crippen LogP contribution is 2.36. The van der Waals surface area contributed by atoms with Gasteiger partial charge in [0.25, 0.3) is 5.91 Å². The number of anilines is 1. The summed E-state index contributed by atoms with van der Waals surface area (Å²) in [6.45, 7) is 5.15. The third kappa shape index (κ3) is 4.12. The molecular weight excluding hydrogens is 378 g/mol. The number of carbonyl (C=O) groups excluding carboxylic acids is 1. The van der Waals surface area contributed by atoms with Crippen molar-refractivity contribution >= 4 is 33.9 Å². The third-order valence-electron chi connectivity index (χ3n) is 5.76. The van der Waals surface area contributed by atoms with Crippen LogP contribution in [0, 0.1) is 0 Å². The van der Waals surface area contributed by atoms with E-state index >= 15 is 0 Å². The number of nitrogens with one attached hydrogen (secondary N) is 1. The minimum absolute atomic E-state index is 0.188. The standard InChI is InChI=1S/C23H31N5O2/c1-15(2)30-14-8-13-25-23(29)19-20-22(27-18-12-7-6-11-17(18)26-20)28(21(19)24)16-9-4-3-5-10-16/h6-7,11-12,15-16H,3-5,8-10,13-14,24H2,1-2H3,(H,25,29). The second-order valence-electron chi connectivity index (χ2n) is 8.34. The second-order valence-corrected chi connectivity index (χ2v) is 8.34. The molecule has 3 N–H and O–H groups in total. The van der Waals surface area contributed by atoms with E-state index in [1.807, 2.05) is 38.1 Å². The molecule has 160 valence electrons. The maximum absolute atomic E-state index is 13.1. The number of hydrogen-bond acceptors (Lipinski definition) is 5. The molecule has 1 amide bonds. The summed E-state index contributed by atoms with van der Waals surface area (Å²) in [5.74, 6) is 0.282. The highest BCUT2D eigenvalue weighted by atomic mass is 16.5. The summed E-state index contributed by atoms with van der Waals surface area (Å²) in [5.41, 5.74) is 9.91. The van der Waals surface area contributed by atoms with Crippen LogP contribution in [0.3, 0.4) is 0 Å². The number of ether oxygens (including phenoxy) is 1. The van der Waals surface area contributed by atoms with Crippen molar-refractivity contribution in [1.82, 2.24) is 19.9 Å². The summed E-state index contributed by atoms with van der Waals surface area (Å²) >= 11 is 0. The number of amides is 1. The highest BCUT2D eigenvalue weighted by Gasteiger charge is 2.28. The van der Waals surface area contributed by atoms with Crippen molar-refractivity contribution < 1.29 is 9.53 Å². The second kappa shape index (κ2) is 9.00. The number of carbonyl (C=O) groups is 1. The van der Waals surface area contributed by atoms with Crippen LogP contribution in [0.5, 0.6) is 0 Å². The Morgan fingerprint density at radius 1 is 1.20 bits per heavy atom. The van der Waals surface area contributed by atoms with Crippen molar-refractivity contribution in [3.05, 3.63) is 29.8 Å².